The van der Waals surface area contributed by atoms with Crippen LogP contribution in [0.3, 0.4) is 0 Å². The smallest absolute Gasteiger partial charge is 0.129 e. The second-order valence-electron chi connectivity index (χ2n) is 6.07. The Bertz CT molecular complexity index is 532. The lowest BCUT2D eigenvalue weighted by atomic mass is 9.66. The number of nitrogens with zero attached hydrogens (tertiary/aromatic N) is 1. The van der Waals surface area contributed by atoms with E-state index in [9.17, 15) is 14.8 Å². The fraction of sp³-hybridized carbons (Fsp3) is 0.588. The van der Waals surface area contributed by atoms with Crippen LogP contribution in [0.2, 0.25) is 0 Å². The Morgan fingerprint density at radius 2 is 2.14 bits per heavy atom. The molecule has 0 radical (unpaired) electrons. The molecule has 2 nitrogen and oxygen atoms in total. The summed E-state index contributed by atoms with van der Waals surface area (Å²) in [7, 11) is 0. The minimum absolute atomic E-state index is 0.222. The second-order valence-corrected chi connectivity index (χ2v) is 6.98. The van der Waals surface area contributed by atoms with E-state index in [4.69, 9.17) is 0 Å². The average molecular weight is 354 g/mol. The predicted molar refractivity (Wildman–Crippen MR) is 84.0 cm³/mol. The maximum atomic E-state index is 14.0. The van der Waals surface area contributed by atoms with E-state index in [-0.39, 0.29) is 5.56 Å². The first-order valence-electron chi connectivity index (χ1n) is 7.56. The van der Waals surface area contributed by atoms with Crippen LogP contribution in [-0.2, 0) is 0 Å². The van der Waals surface area contributed by atoms with Crippen LogP contribution in [0.15, 0.2) is 22.7 Å². The molecule has 2 rings (SSSR count). The Kier molecular flexibility index (Phi) is 5.40. The van der Waals surface area contributed by atoms with Gasteiger partial charge in [-0.2, -0.15) is 5.26 Å². The quantitative estimate of drug-likeness (QED) is 0.815. The van der Waals surface area contributed by atoms with Crippen LogP contribution in [0.1, 0.15) is 57.1 Å². The summed E-state index contributed by atoms with van der Waals surface area (Å²) in [6.07, 6.45) is 4.41. The average Bonchev–Trinajstić information content (AvgIpc) is 2.50. The van der Waals surface area contributed by atoms with E-state index >= 15 is 0 Å². The highest BCUT2D eigenvalue weighted by Crippen LogP contribution is 2.48. The van der Waals surface area contributed by atoms with Gasteiger partial charge in [-0.3, -0.25) is 0 Å². The van der Waals surface area contributed by atoms with Crippen LogP contribution in [0, 0.1) is 28.5 Å². The Hall–Kier alpha value is -0.920. The van der Waals surface area contributed by atoms with Crippen molar-refractivity contribution in [3.63, 3.8) is 0 Å². The Balaban J connectivity index is 2.22. The SMILES string of the molecule is CCCC1CCC(C#N)(C(O)c2cc(Br)ccc2F)CC1. The molecule has 0 amide bonds. The standard InChI is InChI=1S/C17H21BrFNO/c1-2-3-12-6-8-17(11-20,9-7-12)16(21)14-10-13(18)4-5-15(14)19/h4-5,10,12,16,21H,2-3,6-9H2,1H3. The minimum Gasteiger partial charge on any atom is -0.387 e. The van der Waals surface area contributed by atoms with Gasteiger partial charge in [-0.15, -0.1) is 0 Å². The number of aliphatic hydroxyl groups excluding tert-OH is 1. The van der Waals surface area contributed by atoms with Gasteiger partial charge in [-0.05, 0) is 49.8 Å². The molecule has 1 aliphatic carbocycles. The molecule has 1 N–H and O–H groups in total. The van der Waals surface area contributed by atoms with Gasteiger partial charge in [-0.1, -0.05) is 35.7 Å². The number of hydrogen-bond acceptors (Lipinski definition) is 2. The molecule has 0 aliphatic heterocycles. The molecule has 1 aliphatic rings. The molecule has 1 aromatic rings. The molecule has 0 aromatic heterocycles. The van der Waals surface area contributed by atoms with Crippen molar-refractivity contribution in [3.8, 4) is 6.07 Å². The number of hydrogen-bond donors (Lipinski definition) is 1. The summed E-state index contributed by atoms with van der Waals surface area (Å²) in [5, 5.41) is 20.2. The molecule has 114 valence electrons. The third-order valence-corrected chi connectivity index (χ3v) is 5.19. The molecule has 0 spiro atoms. The number of aliphatic hydroxyl groups is 1. The summed E-state index contributed by atoms with van der Waals surface area (Å²) in [5.41, 5.74) is -0.633. The molecule has 1 aromatic carbocycles. The fourth-order valence-electron chi connectivity index (χ4n) is 3.36. The zero-order chi connectivity index (χ0) is 15.5. The van der Waals surface area contributed by atoms with E-state index in [2.05, 4.69) is 28.9 Å². The Morgan fingerprint density at radius 1 is 1.48 bits per heavy atom. The summed E-state index contributed by atoms with van der Waals surface area (Å²) >= 11 is 3.30. The fourth-order valence-corrected chi connectivity index (χ4v) is 3.74. The molecule has 0 saturated heterocycles. The molecule has 4 heteroatoms. The summed E-state index contributed by atoms with van der Waals surface area (Å²) in [4.78, 5) is 0. The van der Waals surface area contributed by atoms with Gasteiger partial charge in [0.15, 0.2) is 0 Å². The molecule has 1 atom stereocenters. The van der Waals surface area contributed by atoms with Crippen molar-refractivity contribution in [2.75, 3.05) is 0 Å². The Labute approximate surface area is 134 Å². The minimum atomic E-state index is -1.07. The van der Waals surface area contributed by atoms with E-state index in [1.54, 1.807) is 12.1 Å². The summed E-state index contributed by atoms with van der Waals surface area (Å²) in [6.45, 7) is 2.16. The number of nitriles is 1. The monoisotopic (exact) mass is 353 g/mol. The van der Waals surface area contributed by atoms with Crippen molar-refractivity contribution >= 4 is 15.9 Å². The van der Waals surface area contributed by atoms with Gasteiger partial charge in [0.2, 0.25) is 0 Å². The molecule has 1 fully saturated rings. The van der Waals surface area contributed by atoms with Gasteiger partial charge < -0.3 is 5.11 Å². The van der Waals surface area contributed by atoms with Gasteiger partial charge in [0.25, 0.3) is 0 Å². The zero-order valence-electron chi connectivity index (χ0n) is 12.3. The molecule has 21 heavy (non-hydrogen) atoms. The van der Waals surface area contributed by atoms with E-state index in [1.165, 1.54) is 12.5 Å². The van der Waals surface area contributed by atoms with Crippen molar-refractivity contribution in [1.82, 2.24) is 0 Å². The first-order valence-corrected chi connectivity index (χ1v) is 8.36. The van der Waals surface area contributed by atoms with Gasteiger partial charge >= 0.3 is 0 Å². The number of rotatable bonds is 4. The highest BCUT2D eigenvalue weighted by molar-refractivity contribution is 9.10. The van der Waals surface area contributed by atoms with Crippen LogP contribution < -0.4 is 0 Å². The maximum Gasteiger partial charge on any atom is 0.129 e. The second kappa shape index (κ2) is 6.89. The third kappa shape index (κ3) is 3.46. The van der Waals surface area contributed by atoms with Crippen molar-refractivity contribution in [2.24, 2.45) is 11.3 Å². The van der Waals surface area contributed by atoms with E-state index in [0.717, 1.165) is 19.3 Å². The number of benzene rings is 1. The molecule has 1 unspecified atom stereocenters. The van der Waals surface area contributed by atoms with Crippen LogP contribution in [0.4, 0.5) is 4.39 Å². The normalized spacial score (nSPS) is 27.1. The van der Waals surface area contributed by atoms with Gasteiger partial charge in [0, 0.05) is 10.0 Å². The number of halogens is 2. The van der Waals surface area contributed by atoms with E-state index in [1.807, 2.05) is 0 Å². The van der Waals surface area contributed by atoms with Crippen molar-refractivity contribution < 1.29 is 9.50 Å². The molecule has 0 bridgehead atoms. The van der Waals surface area contributed by atoms with E-state index < -0.39 is 17.3 Å². The van der Waals surface area contributed by atoms with E-state index in [0.29, 0.717) is 23.2 Å². The van der Waals surface area contributed by atoms with Crippen LogP contribution in [-0.4, -0.2) is 5.11 Å². The van der Waals surface area contributed by atoms with Crippen LogP contribution >= 0.6 is 15.9 Å². The van der Waals surface area contributed by atoms with Crippen LogP contribution in [0.25, 0.3) is 0 Å². The van der Waals surface area contributed by atoms with Crippen LogP contribution in [0.5, 0.6) is 0 Å². The molecule has 0 heterocycles. The first-order chi connectivity index (χ1) is 10.0. The summed E-state index contributed by atoms with van der Waals surface area (Å²) < 4.78 is 14.7. The maximum absolute atomic E-state index is 14.0. The van der Waals surface area contributed by atoms with Gasteiger partial charge in [0.1, 0.15) is 11.9 Å². The highest BCUT2D eigenvalue weighted by Gasteiger charge is 2.43. The molecular weight excluding hydrogens is 333 g/mol. The predicted octanol–water partition coefficient (Wildman–Crippen LogP) is 5.12. The summed E-state index contributed by atoms with van der Waals surface area (Å²) in [5.74, 6) is 0.187. The first kappa shape index (κ1) is 16.5. The zero-order valence-corrected chi connectivity index (χ0v) is 13.9. The lowest BCUT2D eigenvalue weighted by molar-refractivity contribution is 0.0213. The van der Waals surface area contributed by atoms with Gasteiger partial charge in [0.05, 0.1) is 11.5 Å². The highest BCUT2D eigenvalue weighted by atomic mass is 79.9. The lowest BCUT2D eigenvalue weighted by Crippen LogP contribution is -2.33. The summed E-state index contributed by atoms with van der Waals surface area (Å²) in [6, 6.07) is 6.80. The van der Waals surface area contributed by atoms with Crippen molar-refractivity contribution in [3.05, 3.63) is 34.1 Å². The van der Waals surface area contributed by atoms with Gasteiger partial charge in [-0.25, -0.2) is 4.39 Å². The van der Waals surface area contributed by atoms with Crippen molar-refractivity contribution in [1.29, 1.82) is 5.26 Å². The topological polar surface area (TPSA) is 44.0 Å². The third-order valence-electron chi connectivity index (χ3n) is 4.69. The largest absolute Gasteiger partial charge is 0.387 e. The molecule has 1 saturated carbocycles. The van der Waals surface area contributed by atoms with Crippen molar-refractivity contribution in [2.45, 2.75) is 51.6 Å². The molecular formula is C17H21BrFNO. The Morgan fingerprint density at radius 3 is 2.71 bits per heavy atom. The lowest BCUT2D eigenvalue weighted by Gasteiger charge is -2.38.